The molecule has 0 heterocycles. The number of halogens is 1. The molecule has 0 aliphatic rings. The molecule has 1 heteroatoms. The van der Waals surface area contributed by atoms with Crippen LogP contribution in [0.25, 0.3) is 0 Å². The second-order valence-corrected chi connectivity index (χ2v) is 2.45. The zero-order chi connectivity index (χ0) is 9.98. The van der Waals surface area contributed by atoms with Gasteiger partial charge in [-0.05, 0) is 19.4 Å². The monoisotopic (exact) mass is 186 g/mol. The normalized spacial score (nSPS) is 10.9. The molecule has 0 saturated heterocycles. The lowest BCUT2D eigenvalue weighted by Crippen LogP contribution is -1.76. The second kappa shape index (κ2) is 10.5. The molecule has 0 N–H and O–H groups in total. The van der Waals surface area contributed by atoms with Gasteiger partial charge >= 0.3 is 0 Å². The van der Waals surface area contributed by atoms with Crippen LogP contribution in [0.1, 0.15) is 27.7 Å². The van der Waals surface area contributed by atoms with Crippen molar-refractivity contribution in [3.8, 4) is 0 Å². The molecule has 0 spiro atoms. The van der Waals surface area contributed by atoms with Crippen LogP contribution in [0.2, 0.25) is 0 Å². The van der Waals surface area contributed by atoms with Gasteiger partial charge in [0.15, 0.2) is 0 Å². The van der Waals surface area contributed by atoms with Crippen molar-refractivity contribution in [3.63, 3.8) is 0 Å². The second-order valence-electron chi connectivity index (χ2n) is 2.18. The minimum absolute atomic E-state index is 0.509. The van der Waals surface area contributed by atoms with Gasteiger partial charge in [0.25, 0.3) is 0 Å². The molecule has 0 fully saturated rings. The fourth-order valence-electron chi connectivity index (χ4n) is 0.672. The highest BCUT2D eigenvalue weighted by Crippen LogP contribution is 2.02. The Balaban J connectivity index is 0. The lowest BCUT2D eigenvalue weighted by molar-refractivity contribution is 1.44. The summed E-state index contributed by atoms with van der Waals surface area (Å²) >= 11 is 5.53. The van der Waals surface area contributed by atoms with Crippen LogP contribution in [0.4, 0.5) is 0 Å². The summed E-state index contributed by atoms with van der Waals surface area (Å²) in [5, 5.41) is 0. The van der Waals surface area contributed by atoms with E-state index >= 15 is 0 Å². The Morgan fingerprint density at radius 1 is 1.42 bits per heavy atom. The molecule has 0 aromatic rings. The first-order valence-corrected chi connectivity index (χ1v) is 4.79. The Morgan fingerprint density at radius 3 is 2.25 bits per heavy atom. The predicted molar refractivity (Wildman–Crippen MR) is 59.8 cm³/mol. The molecule has 0 nitrogen and oxygen atoms in total. The summed E-state index contributed by atoms with van der Waals surface area (Å²) in [4.78, 5) is 0. The quantitative estimate of drug-likeness (QED) is 0.455. The minimum Gasteiger partial charge on any atom is -0.122 e. The number of hydrogen-bond donors (Lipinski definition) is 0. The summed E-state index contributed by atoms with van der Waals surface area (Å²) < 4.78 is 0. The standard InChI is InChI=1S/C9H13Cl.C2H6/c1-4-5-8(2)6-9(3)7-10;1-2/h4-6H,3,7H2,1-2H3;1-2H3/b5-4-,8-6-;. The smallest absolute Gasteiger partial charge is 0.0468 e. The van der Waals surface area contributed by atoms with Gasteiger partial charge in [-0.15, -0.1) is 11.6 Å². The number of hydrogen-bond acceptors (Lipinski definition) is 0. The van der Waals surface area contributed by atoms with E-state index in [1.807, 2.05) is 45.9 Å². The van der Waals surface area contributed by atoms with E-state index in [0.29, 0.717) is 5.88 Å². The lowest BCUT2D eigenvalue weighted by atomic mass is 10.2. The highest BCUT2D eigenvalue weighted by atomic mass is 35.5. The van der Waals surface area contributed by atoms with Crippen LogP contribution >= 0.6 is 11.6 Å². The van der Waals surface area contributed by atoms with Gasteiger partial charge in [0.2, 0.25) is 0 Å². The van der Waals surface area contributed by atoms with Crippen LogP contribution < -0.4 is 0 Å². The van der Waals surface area contributed by atoms with Crippen LogP contribution in [-0.4, -0.2) is 5.88 Å². The fourth-order valence-corrected chi connectivity index (χ4v) is 0.749. The maximum Gasteiger partial charge on any atom is 0.0468 e. The maximum atomic E-state index is 5.53. The predicted octanol–water partition coefficient (Wildman–Crippen LogP) is 4.33. The Kier molecular flexibility index (Phi) is 12.3. The van der Waals surface area contributed by atoms with E-state index < -0.39 is 0 Å². The highest BCUT2D eigenvalue weighted by molar-refractivity contribution is 6.19. The summed E-state index contributed by atoms with van der Waals surface area (Å²) in [5.41, 5.74) is 2.14. The molecule has 12 heavy (non-hydrogen) atoms. The molecule has 70 valence electrons. The van der Waals surface area contributed by atoms with E-state index in [4.69, 9.17) is 11.6 Å². The average molecular weight is 187 g/mol. The van der Waals surface area contributed by atoms with E-state index in [1.165, 1.54) is 5.57 Å². The molecule has 0 aromatic heterocycles. The van der Waals surface area contributed by atoms with Crippen LogP contribution in [0.15, 0.2) is 36.0 Å². The first kappa shape index (κ1) is 14.1. The Labute approximate surface area is 81.6 Å². The molecule has 0 unspecified atom stereocenters. The van der Waals surface area contributed by atoms with Crippen LogP contribution in [0.3, 0.4) is 0 Å². The summed E-state index contributed by atoms with van der Waals surface area (Å²) in [6.07, 6.45) is 6.00. The molecule has 0 bridgehead atoms. The summed E-state index contributed by atoms with van der Waals surface area (Å²) in [6, 6.07) is 0. The number of alkyl halides is 1. The third kappa shape index (κ3) is 9.51. The summed E-state index contributed by atoms with van der Waals surface area (Å²) in [5.74, 6) is 0.509. The molecule has 0 amide bonds. The molecule has 0 rings (SSSR count). The molecule has 0 aliphatic heterocycles. The van der Waals surface area contributed by atoms with Crippen LogP contribution in [0.5, 0.6) is 0 Å². The molecular weight excluding hydrogens is 168 g/mol. The third-order valence-electron chi connectivity index (χ3n) is 1.03. The zero-order valence-electron chi connectivity index (χ0n) is 8.52. The van der Waals surface area contributed by atoms with Gasteiger partial charge in [-0.2, -0.15) is 0 Å². The van der Waals surface area contributed by atoms with Crippen molar-refractivity contribution in [1.29, 1.82) is 0 Å². The first-order chi connectivity index (χ1) is 5.70. The van der Waals surface area contributed by atoms with E-state index in [9.17, 15) is 0 Å². The molecule has 0 aliphatic carbocycles. The Bertz CT molecular complexity index is 164. The van der Waals surface area contributed by atoms with E-state index in [-0.39, 0.29) is 0 Å². The van der Waals surface area contributed by atoms with Gasteiger partial charge in [0, 0.05) is 5.88 Å². The molecular formula is C11H19Cl. The fraction of sp³-hybridized carbons (Fsp3) is 0.455. The SMILES string of the molecule is C=C(/C=C(C)\C=C/C)CCl.CC. The topological polar surface area (TPSA) is 0 Å². The highest BCUT2D eigenvalue weighted by Gasteiger charge is 1.84. The van der Waals surface area contributed by atoms with Crippen molar-refractivity contribution in [1.82, 2.24) is 0 Å². The Hall–Kier alpha value is -0.490. The van der Waals surface area contributed by atoms with Gasteiger partial charge in [-0.25, -0.2) is 0 Å². The number of rotatable bonds is 3. The maximum absolute atomic E-state index is 5.53. The minimum atomic E-state index is 0.509. The van der Waals surface area contributed by atoms with E-state index in [2.05, 4.69) is 6.58 Å². The zero-order valence-corrected chi connectivity index (χ0v) is 9.28. The molecule has 0 radical (unpaired) electrons. The van der Waals surface area contributed by atoms with Crippen LogP contribution in [0, 0.1) is 0 Å². The number of allylic oxidation sites excluding steroid dienone is 5. The van der Waals surface area contributed by atoms with Crippen molar-refractivity contribution in [2.24, 2.45) is 0 Å². The molecule has 0 saturated carbocycles. The third-order valence-corrected chi connectivity index (χ3v) is 1.38. The van der Waals surface area contributed by atoms with Crippen molar-refractivity contribution in [3.05, 3.63) is 36.0 Å². The van der Waals surface area contributed by atoms with Gasteiger partial charge in [-0.1, -0.05) is 44.2 Å². The van der Waals surface area contributed by atoms with Crippen molar-refractivity contribution >= 4 is 11.6 Å². The Morgan fingerprint density at radius 2 is 1.92 bits per heavy atom. The summed E-state index contributed by atoms with van der Waals surface area (Å²) in [6.45, 7) is 11.8. The van der Waals surface area contributed by atoms with Crippen molar-refractivity contribution in [2.45, 2.75) is 27.7 Å². The average Bonchev–Trinajstić information content (AvgIpc) is 2.08. The van der Waals surface area contributed by atoms with E-state index in [1.54, 1.807) is 0 Å². The van der Waals surface area contributed by atoms with Gasteiger partial charge < -0.3 is 0 Å². The largest absolute Gasteiger partial charge is 0.122 e. The first-order valence-electron chi connectivity index (χ1n) is 4.25. The van der Waals surface area contributed by atoms with Gasteiger partial charge in [-0.3, -0.25) is 0 Å². The molecule has 0 atom stereocenters. The summed E-state index contributed by atoms with van der Waals surface area (Å²) in [7, 11) is 0. The van der Waals surface area contributed by atoms with Crippen molar-refractivity contribution in [2.75, 3.05) is 5.88 Å². The molecule has 0 aromatic carbocycles. The van der Waals surface area contributed by atoms with Crippen LogP contribution in [-0.2, 0) is 0 Å². The van der Waals surface area contributed by atoms with Gasteiger partial charge in [0.05, 0.1) is 0 Å². The van der Waals surface area contributed by atoms with Crippen molar-refractivity contribution < 1.29 is 0 Å². The van der Waals surface area contributed by atoms with Gasteiger partial charge in [0.1, 0.15) is 0 Å². The lowest BCUT2D eigenvalue weighted by Gasteiger charge is -1.92. The van der Waals surface area contributed by atoms with E-state index in [0.717, 1.165) is 5.57 Å².